The lowest BCUT2D eigenvalue weighted by atomic mass is 10.0. The molecule has 2 unspecified atom stereocenters. The van der Waals surface area contributed by atoms with E-state index in [1.807, 2.05) is 18.2 Å². The van der Waals surface area contributed by atoms with Gasteiger partial charge < -0.3 is 5.32 Å². The first kappa shape index (κ1) is 9.69. The summed E-state index contributed by atoms with van der Waals surface area (Å²) in [5, 5.41) is 3.57. The van der Waals surface area contributed by atoms with Crippen LogP contribution >= 0.6 is 0 Å². The first-order valence-electron chi connectivity index (χ1n) is 5.94. The Labute approximate surface area is 96.6 Å². The molecule has 2 bridgehead atoms. The van der Waals surface area contributed by atoms with Crippen molar-refractivity contribution in [2.45, 2.75) is 31.3 Å². The Morgan fingerprint density at radius 1 is 1.06 bits per heavy atom. The minimum atomic E-state index is 0.582. The van der Waals surface area contributed by atoms with Gasteiger partial charge in [-0.25, -0.2) is 0 Å². The Balaban J connectivity index is 1.79. The SMILES string of the molecule is C(#Cc1ccccc1)C1=CC2CCC(C1)N2. The summed E-state index contributed by atoms with van der Waals surface area (Å²) in [5.41, 5.74) is 2.42. The van der Waals surface area contributed by atoms with Gasteiger partial charge in [0.15, 0.2) is 0 Å². The topological polar surface area (TPSA) is 12.0 Å². The second kappa shape index (κ2) is 4.15. The quantitative estimate of drug-likeness (QED) is 0.647. The number of hydrogen-bond donors (Lipinski definition) is 1. The molecular weight excluding hydrogens is 194 g/mol. The van der Waals surface area contributed by atoms with Gasteiger partial charge in [-0.1, -0.05) is 36.1 Å². The Bertz CT molecular complexity index is 461. The van der Waals surface area contributed by atoms with Crippen LogP contribution in [0.1, 0.15) is 24.8 Å². The van der Waals surface area contributed by atoms with Crippen LogP contribution in [0.2, 0.25) is 0 Å². The third-order valence-electron chi connectivity index (χ3n) is 3.29. The van der Waals surface area contributed by atoms with Crippen molar-refractivity contribution in [2.24, 2.45) is 0 Å². The summed E-state index contributed by atoms with van der Waals surface area (Å²) in [5.74, 6) is 6.55. The number of hydrogen-bond acceptors (Lipinski definition) is 1. The lowest BCUT2D eigenvalue weighted by Crippen LogP contribution is -2.32. The molecule has 2 aliphatic rings. The van der Waals surface area contributed by atoms with Crippen LogP contribution in [-0.4, -0.2) is 12.1 Å². The summed E-state index contributed by atoms with van der Waals surface area (Å²) in [4.78, 5) is 0. The fourth-order valence-corrected chi connectivity index (χ4v) is 2.49. The highest BCUT2D eigenvalue weighted by Crippen LogP contribution is 2.25. The highest BCUT2D eigenvalue weighted by molar-refractivity contribution is 5.42. The number of benzene rings is 1. The fourth-order valence-electron chi connectivity index (χ4n) is 2.49. The number of nitrogens with one attached hydrogen (secondary N) is 1. The molecule has 3 rings (SSSR count). The lowest BCUT2D eigenvalue weighted by Gasteiger charge is -2.17. The van der Waals surface area contributed by atoms with Crippen LogP contribution in [0.3, 0.4) is 0 Å². The van der Waals surface area contributed by atoms with Gasteiger partial charge in [0.05, 0.1) is 0 Å². The smallest absolute Gasteiger partial charge is 0.0265 e. The molecule has 0 saturated carbocycles. The third kappa shape index (κ3) is 2.03. The second-order valence-corrected chi connectivity index (χ2v) is 4.56. The Morgan fingerprint density at radius 2 is 1.94 bits per heavy atom. The zero-order valence-corrected chi connectivity index (χ0v) is 9.24. The van der Waals surface area contributed by atoms with Crippen molar-refractivity contribution >= 4 is 0 Å². The van der Waals surface area contributed by atoms with E-state index in [0.29, 0.717) is 12.1 Å². The van der Waals surface area contributed by atoms with Crippen LogP contribution in [0.25, 0.3) is 0 Å². The lowest BCUT2D eigenvalue weighted by molar-refractivity contribution is 0.557. The van der Waals surface area contributed by atoms with E-state index in [4.69, 9.17) is 0 Å². The predicted molar refractivity (Wildman–Crippen MR) is 66.0 cm³/mol. The molecule has 16 heavy (non-hydrogen) atoms. The molecule has 1 heteroatoms. The second-order valence-electron chi connectivity index (χ2n) is 4.56. The molecule has 80 valence electrons. The van der Waals surface area contributed by atoms with Gasteiger partial charge in [0.1, 0.15) is 0 Å². The molecule has 2 heterocycles. The zero-order valence-electron chi connectivity index (χ0n) is 9.24. The molecule has 1 fully saturated rings. The monoisotopic (exact) mass is 209 g/mol. The molecule has 0 amide bonds. The average molecular weight is 209 g/mol. The maximum absolute atomic E-state index is 3.57. The van der Waals surface area contributed by atoms with E-state index >= 15 is 0 Å². The van der Waals surface area contributed by atoms with E-state index in [2.05, 4.69) is 35.4 Å². The van der Waals surface area contributed by atoms with Gasteiger partial charge in [0.25, 0.3) is 0 Å². The van der Waals surface area contributed by atoms with Crippen LogP contribution in [-0.2, 0) is 0 Å². The van der Waals surface area contributed by atoms with E-state index in [1.165, 1.54) is 18.4 Å². The first-order chi connectivity index (χ1) is 7.90. The van der Waals surface area contributed by atoms with E-state index in [9.17, 15) is 0 Å². The fraction of sp³-hybridized carbons (Fsp3) is 0.333. The molecule has 0 aromatic heterocycles. The highest BCUT2D eigenvalue weighted by Gasteiger charge is 2.26. The Hall–Kier alpha value is -1.52. The molecule has 0 radical (unpaired) electrons. The Kier molecular flexibility index (Phi) is 2.52. The minimum absolute atomic E-state index is 0.582. The average Bonchev–Trinajstić information content (AvgIpc) is 2.67. The summed E-state index contributed by atoms with van der Waals surface area (Å²) in [6.07, 6.45) is 5.99. The summed E-state index contributed by atoms with van der Waals surface area (Å²) < 4.78 is 0. The van der Waals surface area contributed by atoms with Crippen molar-refractivity contribution in [2.75, 3.05) is 0 Å². The van der Waals surface area contributed by atoms with Gasteiger partial charge in [-0.15, -0.1) is 0 Å². The Morgan fingerprint density at radius 3 is 2.75 bits per heavy atom. The zero-order chi connectivity index (χ0) is 10.8. The van der Waals surface area contributed by atoms with Crippen LogP contribution in [0, 0.1) is 11.8 Å². The highest BCUT2D eigenvalue weighted by atomic mass is 15.0. The van der Waals surface area contributed by atoms with Crippen LogP contribution in [0.15, 0.2) is 42.0 Å². The van der Waals surface area contributed by atoms with Crippen molar-refractivity contribution in [3.63, 3.8) is 0 Å². The third-order valence-corrected chi connectivity index (χ3v) is 3.29. The van der Waals surface area contributed by atoms with Gasteiger partial charge in [0, 0.05) is 23.2 Å². The van der Waals surface area contributed by atoms with Crippen molar-refractivity contribution in [3.8, 4) is 11.8 Å². The summed E-state index contributed by atoms with van der Waals surface area (Å²) in [7, 11) is 0. The molecule has 1 saturated heterocycles. The van der Waals surface area contributed by atoms with Crippen molar-refractivity contribution < 1.29 is 0 Å². The van der Waals surface area contributed by atoms with Crippen molar-refractivity contribution in [3.05, 3.63) is 47.5 Å². The minimum Gasteiger partial charge on any atom is -0.307 e. The summed E-state index contributed by atoms with van der Waals surface area (Å²) in [6.45, 7) is 0. The summed E-state index contributed by atoms with van der Waals surface area (Å²) >= 11 is 0. The summed E-state index contributed by atoms with van der Waals surface area (Å²) in [6, 6.07) is 11.5. The number of fused-ring (bicyclic) bond motifs is 2. The van der Waals surface area contributed by atoms with Gasteiger partial charge >= 0.3 is 0 Å². The van der Waals surface area contributed by atoms with Gasteiger partial charge in [-0.3, -0.25) is 0 Å². The maximum Gasteiger partial charge on any atom is 0.0265 e. The number of rotatable bonds is 0. The van der Waals surface area contributed by atoms with Crippen LogP contribution in [0.5, 0.6) is 0 Å². The van der Waals surface area contributed by atoms with E-state index in [-0.39, 0.29) is 0 Å². The molecule has 1 nitrogen and oxygen atoms in total. The van der Waals surface area contributed by atoms with Gasteiger partial charge in [-0.05, 0) is 31.4 Å². The molecule has 1 aromatic carbocycles. The first-order valence-corrected chi connectivity index (χ1v) is 5.94. The molecule has 2 atom stereocenters. The van der Waals surface area contributed by atoms with Gasteiger partial charge in [0.2, 0.25) is 0 Å². The van der Waals surface area contributed by atoms with Gasteiger partial charge in [-0.2, -0.15) is 0 Å². The predicted octanol–water partition coefficient (Wildman–Crippen LogP) is 2.49. The molecule has 0 spiro atoms. The van der Waals surface area contributed by atoms with E-state index in [0.717, 1.165) is 12.0 Å². The molecule has 0 aliphatic carbocycles. The molecular formula is C15H15N. The van der Waals surface area contributed by atoms with E-state index in [1.54, 1.807) is 0 Å². The van der Waals surface area contributed by atoms with Crippen LogP contribution < -0.4 is 5.32 Å². The van der Waals surface area contributed by atoms with Crippen molar-refractivity contribution in [1.82, 2.24) is 5.32 Å². The molecule has 2 aliphatic heterocycles. The van der Waals surface area contributed by atoms with E-state index < -0.39 is 0 Å². The standard InChI is InChI=1S/C15H15N/c1-2-4-12(5-3-1)6-7-13-10-14-8-9-15(11-13)16-14/h1-5,10,14-16H,8-9,11H2. The molecule has 1 N–H and O–H groups in total. The van der Waals surface area contributed by atoms with Crippen LogP contribution in [0.4, 0.5) is 0 Å². The van der Waals surface area contributed by atoms with Crippen molar-refractivity contribution in [1.29, 1.82) is 0 Å². The largest absolute Gasteiger partial charge is 0.307 e. The maximum atomic E-state index is 3.57. The molecule has 1 aromatic rings. The normalized spacial score (nSPS) is 26.9.